The number of hydrogen-bond acceptors (Lipinski definition) is 3. The Kier molecular flexibility index (Phi) is 5.57. The number of pyridine rings is 1. The lowest BCUT2D eigenvalue weighted by Crippen LogP contribution is -2.42. The molecule has 1 rings (SSSR count). The zero-order valence-corrected chi connectivity index (χ0v) is 12.1. The van der Waals surface area contributed by atoms with Gasteiger partial charge in [0.25, 0.3) is 5.91 Å². The minimum Gasteiger partial charge on any atom is -0.480 e. The first-order valence-corrected chi connectivity index (χ1v) is 6.46. The average Bonchev–Trinajstić information content (AvgIpc) is 2.37. The van der Waals surface area contributed by atoms with E-state index in [0.717, 1.165) is 0 Å². The smallest absolute Gasteiger partial charge is 0.323 e. The minimum absolute atomic E-state index is 0.132. The standard InChI is InChI=1S/C12H14Cl2N2O3/c1-3-7(2)16(6-11(17)18)12(19)8-4-10(14)15-5-9(8)13/h4-5,7H,3,6H2,1-2H3,(H,17,18). The molecule has 0 aliphatic rings. The van der Waals surface area contributed by atoms with Crippen LogP contribution in [0.3, 0.4) is 0 Å². The number of hydrogen-bond donors (Lipinski definition) is 1. The summed E-state index contributed by atoms with van der Waals surface area (Å²) in [4.78, 5) is 28.2. The monoisotopic (exact) mass is 304 g/mol. The average molecular weight is 305 g/mol. The third-order valence-electron chi connectivity index (χ3n) is 2.74. The van der Waals surface area contributed by atoms with Crippen molar-refractivity contribution in [1.82, 2.24) is 9.88 Å². The summed E-state index contributed by atoms with van der Waals surface area (Å²) in [5, 5.41) is 9.16. The Morgan fingerprint density at radius 1 is 1.47 bits per heavy atom. The second-order valence-corrected chi connectivity index (χ2v) is 4.87. The van der Waals surface area contributed by atoms with Crippen molar-refractivity contribution in [2.24, 2.45) is 0 Å². The zero-order chi connectivity index (χ0) is 14.6. The summed E-state index contributed by atoms with van der Waals surface area (Å²) in [5.74, 6) is -1.55. The van der Waals surface area contributed by atoms with Crippen LogP contribution in [0, 0.1) is 0 Å². The molecule has 0 aliphatic heterocycles. The molecule has 1 unspecified atom stereocenters. The molecule has 1 amide bonds. The number of aromatic nitrogens is 1. The molecule has 19 heavy (non-hydrogen) atoms. The van der Waals surface area contributed by atoms with Crippen molar-refractivity contribution in [3.63, 3.8) is 0 Å². The van der Waals surface area contributed by atoms with Gasteiger partial charge in [-0.2, -0.15) is 0 Å². The number of carbonyl (C=O) groups excluding carboxylic acids is 1. The highest BCUT2D eigenvalue weighted by atomic mass is 35.5. The van der Waals surface area contributed by atoms with E-state index in [-0.39, 0.29) is 28.3 Å². The van der Waals surface area contributed by atoms with E-state index in [1.807, 2.05) is 6.92 Å². The van der Waals surface area contributed by atoms with Gasteiger partial charge in [-0.05, 0) is 19.4 Å². The predicted octanol–water partition coefficient (Wildman–Crippen LogP) is 2.71. The summed E-state index contributed by atoms with van der Waals surface area (Å²) >= 11 is 11.6. The molecular weight excluding hydrogens is 291 g/mol. The lowest BCUT2D eigenvalue weighted by Gasteiger charge is -2.27. The lowest BCUT2D eigenvalue weighted by atomic mass is 10.1. The topological polar surface area (TPSA) is 70.5 Å². The SMILES string of the molecule is CCC(C)N(CC(=O)O)C(=O)c1cc(Cl)ncc1Cl. The van der Waals surface area contributed by atoms with E-state index in [4.69, 9.17) is 28.3 Å². The second-order valence-electron chi connectivity index (χ2n) is 4.07. The van der Waals surface area contributed by atoms with Gasteiger partial charge in [-0.25, -0.2) is 4.98 Å². The van der Waals surface area contributed by atoms with E-state index in [0.29, 0.717) is 6.42 Å². The van der Waals surface area contributed by atoms with Gasteiger partial charge in [-0.3, -0.25) is 9.59 Å². The fourth-order valence-corrected chi connectivity index (χ4v) is 1.87. The Labute approximate surface area is 121 Å². The Hall–Kier alpha value is -1.33. The van der Waals surface area contributed by atoms with Gasteiger partial charge >= 0.3 is 5.97 Å². The maximum atomic E-state index is 12.3. The van der Waals surface area contributed by atoms with Crippen LogP contribution < -0.4 is 0 Å². The van der Waals surface area contributed by atoms with E-state index < -0.39 is 11.9 Å². The molecule has 0 fully saturated rings. The molecule has 7 heteroatoms. The lowest BCUT2D eigenvalue weighted by molar-refractivity contribution is -0.138. The molecule has 0 saturated carbocycles. The highest BCUT2D eigenvalue weighted by molar-refractivity contribution is 6.35. The predicted molar refractivity (Wildman–Crippen MR) is 72.7 cm³/mol. The van der Waals surface area contributed by atoms with Crippen molar-refractivity contribution in [2.75, 3.05) is 6.54 Å². The molecule has 1 aromatic rings. The molecule has 5 nitrogen and oxygen atoms in total. The van der Waals surface area contributed by atoms with Crippen LogP contribution in [-0.4, -0.2) is 39.5 Å². The second kappa shape index (κ2) is 6.73. The molecule has 0 spiro atoms. The van der Waals surface area contributed by atoms with Gasteiger partial charge in [0.05, 0.1) is 10.6 Å². The number of carboxylic acid groups (broad SMARTS) is 1. The number of amides is 1. The quantitative estimate of drug-likeness (QED) is 0.849. The Balaban J connectivity index is 3.11. The third kappa shape index (κ3) is 4.08. The summed E-state index contributed by atoms with van der Waals surface area (Å²) in [6.07, 6.45) is 1.90. The molecule has 0 aliphatic carbocycles. The molecule has 1 atom stereocenters. The van der Waals surface area contributed by atoms with Gasteiger partial charge in [-0.15, -0.1) is 0 Å². The fourth-order valence-electron chi connectivity index (χ4n) is 1.53. The van der Waals surface area contributed by atoms with Crippen molar-refractivity contribution in [1.29, 1.82) is 0 Å². The maximum Gasteiger partial charge on any atom is 0.323 e. The van der Waals surface area contributed by atoms with Crippen molar-refractivity contribution in [3.05, 3.63) is 28.0 Å². The molecular formula is C12H14Cl2N2O3. The van der Waals surface area contributed by atoms with Crippen molar-refractivity contribution < 1.29 is 14.7 Å². The van der Waals surface area contributed by atoms with Crippen LogP contribution >= 0.6 is 23.2 Å². The van der Waals surface area contributed by atoms with E-state index in [2.05, 4.69) is 4.98 Å². The van der Waals surface area contributed by atoms with Crippen molar-refractivity contribution in [2.45, 2.75) is 26.3 Å². The molecule has 0 radical (unpaired) electrons. The number of nitrogens with zero attached hydrogens (tertiary/aromatic N) is 2. The molecule has 0 saturated heterocycles. The Bertz CT molecular complexity index is 494. The number of aliphatic carboxylic acids is 1. The highest BCUT2D eigenvalue weighted by Crippen LogP contribution is 2.21. The third-order valence-corrected chi connectivity index (χ3v) is 3.25. The van der Waals surface area contributed by atoms with Gasteiger partial charge in [0, 0.05) is 12.2 Å². The number of rotatable bonds is 5. The van der Waals surface area contributed by atoms with Crippen LogP contribution in [0.5, 0.6) is 0 Å². The highest BCUT2D eigenvalue weighted by Gasteiger charge is 2.24. The normalized spacial score (nSPS) is 12.0. The summed E-state index contributed by atoms with van der Waals surface area (Å²) in [6.45, 7) is 3.26. The van der Waals surface area contributed by atoms with Crippen LogP contribution in [0.4, 0.5) is 0 Å². The van der Waals surface area contributed by atoms with E-state index >= 15 is 0 Å². The zero-order valence-electron chi connectivity index (χ0n) is 10.6. The first-order valence-electron chi connectivity index (χ1n) is 5.70. The first kappa shape index (κ1) is 15.7. The summed E-state index contributed by atoms with van der Waals surface area (Å²) in [7, 11) is 0. The molecule has 0 aromatic carbocycles. The largest absolute Gasteiger partial charge is 0.480 e. The molecule has 1 heterocycles. The van der Waals surface area contributed by atoms with Crippen molar-refractivity contribution >= 4 is 35.1 Å². The van der Waals surface area contributed by atoms with Gasteiger partial charge in [0.1, 0.15) is 11.7 Å². The van der Waals surface area contributed by atoms with Gasteiger partial charge in [-0.1, -0.05) is 30.1 Å². The minimum atomic E-state index is -1.08. The van der Waals surface area contributed by atoms with Gasteiger partial charge in [0.15, 0.2) is 0 Å². The van der Waals surface area contributed by atoms with Gasteiger partial charge in [0.2, 0.25) is 0 Å². The molecule has 104 valence electrons. The number of halogens is 2. The Morgan fingerprint density at radius 3 is 2.63 bits per heavy atom. The number of carboxylic acids is 1. The first-order chi connectivity index (χ1) is 8.86. The summed E-state index contributed by atoms with van der Waals surface area (Å²) in [6, 6.07) is 1.12. The van der Waals surface area contributed by atoms with Crippen LogP contribution in [0.2, 0.25) is 10.2 Å². The van der Waals surface area contributed by atoms with Crippen LogP contribution in [-0.2, 0) is 4.79 Å². The molecule has 1 N–H and O–H groups in total. The van der Waals surface area contributed by atoms with Gasteiger partial charge < -0.3 is 10.0 Å². The Morgan fingerprint density at radius 2 is 2.11 bits per heavy atom. The van der Waals surface area contributed by atoms with Crippen LogP contribution in [0.15, 0.2) is 12.3 Å². The summed E-state index contributed by atoms with van der Waals surface area (Å²) < 4.78 is 0. The maximum absolute atomic E-state index is 12.3. The summed E-state index contributed by atoms with van der Waals surface area (Å²) in [5.41, 5.74) is 0.156. The van der Waals surface area contributed by atoms with Crippen molar-refractivity contribution in [3.8, 4) is 0 Å². The van der Waals surface area contributed by atoms with Crippen LogP contribution in [0.25, 0.3) is 0 Å². The fraction of sp³-hybridized carbons (Fsp3) is 0.417. The molecule has 1 aromatic heterocycles. The van der Waals surface area contributed by atoms with Crippen LogP contribution in [0.1, 0.15) is 30.6 Å². The molecule has 0 bridgehead atoms. The van der Waals surface area contributed by atoms with E-state index in [9.17, 15) is 9.59 Å². The van der Waals surface area contributed by atoms with E-state index in [1.54, 1.807) is 6.92 Å². The number of carbonyl (C=O) groups is 2. The van der Waals surface area contributed by atoms with E-state index in [1.165, 1.54) is 17.2 Å².